The molecule has 0 spiro atoms. The van der Waals surface area contributed by atoms with Gasteiger partial charge >= 0.3 is 5.97 Å². The van der Waals surface area contributed by atoms with Gasteiger partial charge in [0.25, 0.3) is 5.56 Å². The average molecular weight is 497 g/mol. The van der Waals surface area contributed by atoms with Crippen molar-refractivity contribution in [1.29, 1.82) is 0 Å². The molecule has 0 saturated carbocycles. The van der Waals surface area contributed by atoms with Gasteiger partial charge < -0.3 is 14.2 Å². The summed E-state index contributed by atoms with van der Waals surface area (Å²) in [5, 5.41) is 0. The molecule has 1 atom stereocenters. The van der Waals surface area contributed by atoms with Crippen LogP contribution in [0.3, 0.4) is 0 Å². The maximum absolute atomic E-state index is 13.6. The fraction of sp³-hybridized carbons (Fsp3) is 0.269. The van der Waals surface area contributed by atoms with E-state index in [1.807, 2.05) is 6.92 Å². The molecule has 1 unspecified atom stereocenters. The molecule has 9 heteroatoms. The quantitative estimate of drug-likeness (QED) is 0.469. The number of fused-ring (bicyclic) bond motifs is 1. The summed E-state index contributed by atoms with van der Waals surface area (Å²) in [6.45, 7) is 5.96. The summed E-state index contributed by atoms with van der Waals surface area (Å²) in [4.78, 5) is 31.6. The molecule has 0 amide bonds. The lowest BCUT2D eigenvalue weighted by Gasteiger charge is -2.25. The van der Waals surface area contributed by atoms with Crippen molar-refractivity contribution >= 4 is 23.4 Å². The van der Waals surface area contributed by atoms with Gasteiger partial charge in [0.2, 0.25) is 0 Å². The summed E-state index contributed by atoms with van der Waals surface area (Å²) in [6.07, 6.45) is 1.68. The number of esters is 1. The van der Waals surface area contributed by atoms with Crippen LogP contribution < -0.4 is 24.4 Å². The Kier molecular flexibility index (Phi) is 7.16. The van der Waals surface area contributed by atoms with E-state index < -0.39 is 12.0 Å². The minimum atomic E-state index is -0.773. The molecule has 35 heavy (non-hydrogen) atoms. The van der Waals surface area contributed by atoms with E-state index in [-0.39, 0.29) is 23.6 Å². The first-order valence-corrected chi connectivity index (χ1v) is 12.0. The van der Waals surface area contributed by atoms with Gasteiger partial charge in [-0.15, -0.1) is 0 Å². The molecule has 0 radical (unpaired) electrons. The van der Waals surface area contributed by atoms with Gasteiger partial charge in [0, 0.05) is 0 Å². The number of rotatable bonds is 7. The zero-order valence-electron chi connectivity index (χ0n) is 19.8. The van der Waals surface area contributed by atoms with Crippen molar-refractivity contribution in [2.24, 2.45) is 4.99 Å². The zero-order chi connectivity index (χ0) is 25.1. The molecule has 2 heterocycles. The van der Waals surface area contributed by atoms with Crippen LogP contribution in [0, 0.1) is 5.82 Å². The van der Waals surface area contributed by atoms with Gasteiger partial charge in [0.1, 0.15) is 5.82 Å². The number of carbonyl (C=O) groups excluding carboxylic acids is 1. The molecular formula is C26H25FN2O5S. The second-order valence-corrected chi connectivity index (χ2v) is 8.71. The molecule has 0 aliphatic carbocycles. The second-order valence-electron chi connectivity index (χ2n) is 7.70. The Balaban J connectivity index is 1.95. The molecule has 0 saturated heterocycles. The minimum Gasteiger partial charge on any atom is -0.493 e. The molecule has 182 valence electrons. The zero-order valence-corrected chi connectivity index (χ0v) is 20.6. The van der Waals surface area contributed by atoms with Gasteiger partial charge in [-0.3, -0.25) is 9.36 Å². The van der Waals surface area contributed by atoms with Gasteiger partial charge in [-0.1, -0.05) is 29.5 Å². The summed E-state index contributed by atoms with van der Waals surface area (Å²) in [6, 6.07) is 10.4. The van der Waals surface area contributed by atoms with Crippen molar-refractivity contribution in [3.63, 3.8) is 0 Å². The fourth-order valence-corrected chi connectivity index (χ4v) is 4.99. The van der Waals surface area contributed by atoms with E-state index in [9.17, 15) is 14.0 Å². The van der Waals surface area contributed by atoms with Crippen molar-refractivity contribution in [1.82, 2.24) is 4.57 Å². The normalized spacial score (nSPS) is 15.5. The molecule has 0 N–H and O–H groups in total. The first kappa shape index (κ1) is 24.4. The number of allylic oxidation sites excluding steroid dienone is 1. The molecule has 1 aromatic heterocycles. The summed E-state index contributed by atoms with van der Waals surface area (Å²) < 4.78 is 31.7. The van der Waals surface area contributed by atoms with Crippen molar-refractivity contribution in [3.8, 4) is 11.5 Å². The standard InChI is InChI=1S/C26H25FN2O5S/c1-5-33-19-12-9-17(14-20(19)32-4)23-22(25(31)34-6-2)15(3)28-26-29(23)24(30)21(35-26)13-16-7-10-18(27)11-8-16/h7-14,23H,5-6H2,1-4H3/b21-13-. The molecule has 1 aliphatic heterocycles. The van der Waals surface area contributed by atoms with Gasteiger partial charge in [-0.2, -0.15) is 0 Å². The number of ether oxygens (including phenoxy) is 3. The van der Waals surface area contributed by atoms with Crippen molar-refractivity contribution in [2.75, 3.05) is 20.3 Å². The van der Waals surface area contributed by atoms with Crippen LogP contribution in [0.15, 0.2) is 63.5 Å². The Hall–Kier alpha value is -3.72. The third kappa shape index (κ3) is 4.77. The smallest absolute Gasteiger partial charge is 0.338 e. The SMILES string of the molecule is CCOC(=O)C1=C(C)N=c2s/c(=C\c3ccc(F)cc3)c(=O)n2C1c1ccc(OCC)c(OC)c1. The van der Waals surface area contributed by atoms with Gasteiger partial charge in [0.05, 0.1) is 42.2 Å². The summed E-state index contributed by atoms with van der Waals surface area (Å²) >= 11 is 1.20. The molecule has 2 aromatic carbocycles. The first-order chi connectivity index (χ1) is 16.9. The lowest BCUT2D eigenvalue weighted by molar-refractivity contribution is -0.139. The highest BCUT2D eigenvalue weighted by molar-refractivity contribution is 7.07. The highest BCUT2D eigenvalue weighted by Crippen LogP contribution is 2.36. The van der Waals surface area contributed by atoms with E-state index in [0.29, 0.717) is 44.3 Å². The van der Waals surface area contributed by atoms with Crippen LogP contribution in [0.25, 0.3) is 6.08 Å². The molecule has 1 aliphatic rings. The van der Waals surface area contributed by atoms with E-state index in [0.717, 1.165) is 0 Å². The van der Waals surface area contributed by atoms with Crippen molar-refractivity contribution in [2.45, 2.75) is 26.8 Å². The van der Waals surface area contributed by atoms with E-state index in [2.05, 4.69) is 4.99 Å². The fourth-order valence-electron chi connectivity index (χ4n) is 3.95. The number of hydrogen-bond acceptors (Lipinski definition) is 7. The summed E-state index contributed by atoms with van der Waals surface area (Å²) in [5.41, 5.74) is 1.76. The third-order valence-corrected chi connectivity index (χ3v) is 6.47. The summed E-state index contributed by atoms with van der Waals surface area (Å²) in [5.74, 6) is 0.138. The van der Waals surface area contributed by atoms with Gasteiger partial charge in [-0.25, -0.2) is 14.2 Å². The highest BCUT2D eigenvalue weighted by atomic mass is 32.1. The van der Waals surface area contributed by atoms with Crippen LogP contribution in [0.1, 0.15) is 37.9 Å². The number of hydrogen-bond donors (Lipinski definition) is 0. The Morgan fingerprint density at radius 1 is 1.14 bits per heavy atom. The number of aromatic nitrogens is 1. The van der Waals surface area contributed by atoms with Crippen LogP contribution in [-0.2, 0) is 9.53 Å². The lowest BCUT2D eigenvalue weighted by Crippen LogP contribution is -2.40. The van der Waals surface area contributed by atoms with Gasteiger partial charge in [-0.05, 0) is 62.2 Å². The molecular weight excluding hydrogens is 471 g/mol. The number of carbonyl (C=O) groups is 1. The van der Waals surface area contributed by atoms with E-state index in [4.69, 9.17) is 14.2 Å². The largest absolute Gasteiger partial charge is 0.493 e. The second kappa shape index (κ2) is 10.3. The molecule has 4 rings (SSSR count). The van der Waals surface area contributed by atoms with Crippen LogP contribution in [0.4, 0.5) is 4.39 Å². The van der Waals surface area contributed by atoms with Gasteiger partial charge in [0.15, 0.2) is 16.3 Å². The molecule has 7 nitrogen and oxygen atoms in total. The van der Waals surface area contributed by atoms with Crippen LogP contribution in [-0.4, -0.2) is 30.9 Å². The monoisotopic (exact) mass is 496 g/mol. The maximum Gasteiger partial charge on any atom is 0.338 e. The summed E-state index contributed by atoms with van der Waals surface area (Å²) in [7, 11) is 1.53. The average Bonchev–Trinajstić information content (AvgIpc) is 3.14. The molecule has 0 bridgehead atoms. The Bertz CT molecular complexity index is 1470. The Labute approximate surface area is 205 Å². The van der Waals surface area contributed by atoms with Crippen molar-refractivity contribution in [3.05, 3.63) is 90.4 Å². The Morgan fingerprint density at radius 3 is 2.54 bits per heavy atom. The molecule has 3 aromatic rings. The first-order valence-electron chi connectivity index (χ1n) is 11.1. The minimum absolute atomic E-state index is 0.184. The highest BCUT2D eigenvalue weighted by Gasteiger charge is 2.33. The lowest BCUT2D eigenvalue weighted by atomic mass is 9.95. The maximum atomic E-state index is 13.6. The predicted molar refractivity (Wildman–Crippen MR) is 131 cm³/mol. The molecule has 0 fully saturated rings. The third-order valence-electron chi connectivity index (χ3n) is 5.49. The van der Waals surface area contributed by atoms with E-state index >= 15 is 0 Å². The van der Waals surface area contributed by atoms with E-state index in [1.165, 1.54) is 35.1 Å². The van der Waals surface area contributed by atoms with Crippen molar-refractivity contribution < 1.29 is 23.4 Å². The number of methoxy groups -OCH3 is 1. The number of halogens is 1. The number of benzene rings is 2. The number of nitrogens with zero attached hydrogens (tertiary/aromatic N) is 2. The predicted octanol–water partition coefficient (Wildman–Crippen LogP) is 3.34. The van der Waals surface area contributed by atoms with E-state index in [1.54, 1.807) is 50.3 Å². The van der Waals surface area contributed by atoms with Crippen LogP contribution in [0.2, 0.25) is 0 Å². The Morgan fingerprint density at radius 2 is 1.89 bits per heavy atom. The van der Waals surface area contributed by atoms with Crippen LogP contribution in [0.5, 0.6) is 11.5 Å². The number of thiazole rings is 1. The topological polar surface area (TPSA) is 79.1 Å². The van der Waals surface area contributed by atoms with Crippen LogP contribution >= 0.6 is 11.3 Å².